The fraction of sp³-hybridized carbons (Fsp3) is 0.542. The zero-order valence-corrected chi connectivity index (χ0v) is 33.8. The number of nitrogens with zero attached hydrogens (tertiary/aromatic N) is 1. The van der Waals surface area contributed by atoms with Gasteiger partial charge >= 0.3 is 0 Å². The summed E-state index contributed by atoms with van der Waals surface area (Å²) in [6.07, 6.45) is 6.74. The van der Waals surface area contributed by atoms with Gasteiger partial charge in [-0.1, -0.05) is 146 Å². The number of primary amides is 1. The number of nitrogens with two attached hydrogens (primary N) is 1. The second kappa shape index (κ2) is 17.8. The summed E-state index contributed by atoms with van der Waals surface area (Å²) in [6, 6.07) is 29.6. The number of hydrogen-bond acceptors (Lipinski definition) is 4. The third-order valence-electron chi connectivity index (χ3n) is 11.8. The van der Waals surface area contributed by atoms with E-state index in [2.05, 4.69) is 126 Å². The van der Waals surface area contributed by atoms with Crippen LogP contribution in [0.4, 0.5) is 0 Å². The SMILES string of the molecule is CC(C)CC(O)(CC(C)Cc1cccc2ccccc12)CN(CC(O)(CC(C)C)CC(C)Cc1cccc2ccccc12)C(=O)C1(C(N)=O)CCCCC1. The summed E-state index contributed by atoms with van der Waals surface area (Å²) in [5.41, 5.74) is 4.80. The Kier molecular flexibility index (Phi) is 13.7. The summed E-state index contributed by atoms with van der Waals surface area (Å²) in [5, 5.41) is 30.3. The zero-order valence-electron chi connectivity index (χ0n) is 33.8. The first-order valence-corrected chi connectivity index (χ1v) is 20.6. The lowest BCUT2D eigenvalue weighted by Gasteiger charge is -2.45. The van der Waals surface area contributed by atoms with Crippen molar-refractivity contribution in [3.63, 3.8) is 0 Å². The van der Waals surface area contributed by atoms with Gasteiger partial charge in [-0.05, 0) is 108 Å². The molecule has 0 spiro atoms. The van der Waals surface area contributed by atoms with Gasteiger partial charge in [-0.15, -0.1) is 0 Å². The van der Waals surface area contributed by atoms with Crippen molar-refractivity contribution in [3.05, 3.63) is 96.1 Å². The number of hydrogen-bond donors (Lipinski definition) is 3. The molecule has 4 N–H and O–H groups in total. The third kappa shape index (κ3) is 10.3. The molecule has 1 aliphatic carbocycles. The Hall–Kier alpha value is -3.74. The molecule has 1 fully saturated rings. The van der Waals surface area contributed by atoms with E-state index in [9.17, 15) is 15.0 Å². The van der Waals surface area contributed by atoms with Crippen LogP contribution in [-0.4, -0.2) is 51.2 Å². The predicted octanol–water partition coefficient (Wildman–Crippen LogP) is 9.65. The van der Waals surface area contributed by atoms with Gasteiger partial charge in [0.15, 0.2) is 0 Å². The van der Waals surface area contributed by atoms with Crippen LogP contribution in [0.5, 0.6) is 0 Å². The molecule has 0 heterocycles. The van der Waals surface area contributed by atoms with Gasteiger partial charge in [0.1, 0.15) is 5.41 Å². The van der Waals surface area contributed by atoms with Crippen molar-refractivity contribution < 1.29 is 19.8 Å². The Morgan fingerprint density at radius 2 is 1.04 bits per heavy atom. The lowest BCUT2D eigenvalue weighted by atomic mass is 9.71. The first kappa shape index (κ1) is 41.4. The van der Waals surface area contributed by atoms with Crippen molar-refractivity contribution in [1.29, 1.82) is 0 Å². The van der Waals surface area contributed by atoms with Gasteiger partial charge in [-0.25, -0.2) is 0 Å². The minimum Gasteiger partial charge on any atom is -0.388 e. The van der Waals surface area contributed by atoms with Crippen LogP contribution < -0.4 is 5.73 Å². The van der Waals surface area contributed by atoms with Gasteiger partial charge in [0.05, 0.1) is 11.2 Å². The van der Waals surface area contributed by atoms with Crippen LogP contribution in [-0.2, 0) is 22.4 Å². The Morgan fingerprint density at radius 3 is 1.44 bits per heavy atom. The number of fused-ring (bicyclic) bond motifs is 2. The number of aliphatic hydroxyl groups is 2. The van der Waals surface area contributed by atoms with Crippen molar-refractivity contribution in [3.8, 4) is 0 Å². The Morgan fingerprint density at radius 1 is 0.630 bits per heavy atom. The molecule has 4 unspecified atom stereocenters. The van der Waals surface area contributed by atoms with Crippen molar-refractivity contribution in [1.82, 2.24) is 4.90 Å². The number of rotatable bonds is 18. The average molecular weight is 735 g/mol. The van der Waals surface area contributed by atoms with Gasteiger partial charge in [0.25, 0.3) is 0 Å². The molecule has 4 atom stereocenters. The van der Waals surface area contributed by atoms with E-state index in [1.54, 1.807) is 4.90 Å². The molecule has 2 amide bonds. The van der Waals surface area contributed by atoms with E-state index in [1.165, 1.54) is 32.7 Å². The molecule has 292 valence electrons. The molecule has 0 radical (unpaired) electrons. The fourth-order valence-corrected chi connectivity index (χ4v) is 10.0. The largest absolute Gasteiger partial charge is 0.388 e. The van der Waals surface area contributed by atoms with E-state index in [4.69, 9.17) is 5.73 Å². The normalized spacial score (nSPS) is 18.0. The highest BCUT2D eigenvalue weighted by molar-refractivity contribution is 6.04. The van der Waals surface area contributed by atoms with Crippen LogP contribution in [0, 0.1) is 29.1 Å². The van der Waals surface area contributed by atoms with Crippen LogP contribution in [0.3, 0.4) is 0 Å². The standard InChI is InChI=1S/C48H66N2O4/c1-34(2)28-46(53,30-36(5)26-40-20-14-18-38-16-8-10-22-42(38)40)32-50(45(52)48(44(49)51)24-12-7-13-25-48)33-47(54,29-35(3)4)31-37(6)27-41-21-15-19-39-17-9-11-23-43(39)41/h8-11,14-23,34-37,53-54H,7,12-13,24-33H2,1-6H3,(H2,49,51). The van der Waals surface area contributed by atoms with Crippen LogP contribution >= 0.6 is 0 Å². The molecule has 54 heavy (non-hydrogen) atoms. The van der Waals surface area contributed by atoms with Crippen LogP contribution in [0.15, 0.2) is 84.9 Å². The summed E-state index contributed by atoms with van der Waals surface area (Å²) >= 11 is 0. The van der Waals surface area contributed by atoms with E-state index in [-0.39, 0.29) is 42.7 Å². The summed E-state index contributed by atoms with van der Waals surface area (Å²) in [7, 11) is 0. The summed E-state index contributed by atoms with van der Waals surface area (Å²) in [6.45, 7) is 12.8. The maximum atomic E-state index is 15.0. The molecule has 6 nitrogen and oxygen atoms in total. The molecule has 1 saturated carbocycles. The lowest BCUT2D eigenvalue weighted by molar-refractivity contribution is -0.160. The number of carbonyl (C=O) groups is 2. The maximum Gasteiger partial charge on any atom is 0.238 e. The summed E-state index contributed by atoms with van der Waals surface area (Å²) in [5.74, 6) is -0.398. The molecule has 4 aromatic carbocycles. The minimum absolute atomic E-state index is 0.0387. The van der Waals surface area contributed by atoms with E-state index in [1.807, 2.05) is 0 Å². The van der Waals surface area contributed by atoms with E-state index >= 15 is 4.79 Å². The molecular formula is C48H66N2O4. The fourth-order valence-electron chi connectivity index (χ4n) is 10.0. The van der Waals surface area contributed by atoms with Crippen molar-refractivity contribution in [2.24, 2.45) is 34.8 Å². The van der Waals surface area contributed by atoms with E-state index in [0.717, 1.165) is 32.1 Å². The molecule has 0 aromatic heterocycles. The molecular weight excluding hydrogens is 669 g/mol. The lowest BCUT2D eigenvalue weighted by Crippen LogP contribution is -2.59. The Balaban J connectivity index is 1.47. The van der Waals surface area contributed by atoms with E-state index in [0.29, 0.717) is 38.5 Å². The Bertz CT molecular complexity index is 1740. The average Bonchev–Trinajstić information content (AvgIpc) is 3.10. The zero-order chi connectivity index (χ0) is 39.1. The van der Waals surface area contributed by atoms with Crippen LogP contribution in [0.25, 0.3) is 21.5 Å². The minimum atomic E-state index is -1.33. The molecule has 0 bridgehead atoms. The number of amides is 2. The van der Waals surface area contributed by atoms with Crippen LogP contribution in [0.1, 0.15) is 110 Å². The predicted molar refractivity (Wildman–Crippen MR) is 223 cm³/mol. The first-order chi connectivity index (χ1) is 25.6. The maximum absolute atomic E-state index is 15.0. The van der Waals surface area contributed by atoms with Gasteiger partial charge < -0.3 is 20.8 Å². The first-order valence-electron chi connectivity index (χ1n) is 20.6. The Labute approximate surface area is 324 Å². The summed E-state index contributed by atoms with van der Waals surface area (Å²) < 4.78 is 0. The smallest absolute Gasteiger partial charge is 0.238 e. The van der Waals surface area contributed by atoms with Crippen LogP contribution in [0.2, 0.25) is 0 Å². The van der Waals surface area contributed by atoms with Crippen molar-refractivity contribution in [2.45, 2.75) is 123 Å². The number of benzene rings is 4. The number of carbonyl (C=O) groups excluding carboxylic acids is 2. The molecule has 1 aliphatic rings. The van der Waals surface area contributed by atoms with Gasteiger partial charge in [-0.2, -0.15) is 0 Å². The summed E-state index contributed by atoms with van der Waals surface area (Å²) in [4.78, 5) is 30.0. The van der Waals surface area contributed by atoms with Gasteiger partial charge in [-0.3, -0.25) is 9.59 Å². The van der Waals surface area contributed by atoms with E-state index < -0.39 is 22.5 Å². The molecule has 0 saturated heterocycles. The highest BCUT2D eigenvalue weighted by atomic mass is 16.3. The van der Waals surface area contributed by atoms with Crippen molar-refractivity contribution >= 4 is 33.4 Å². The highest BCUT2D eigenvalue weighted by Gasteiger charge is 2.50. The quantitative estimate of drug-likeness (QED) is 0.0886. The third-order valence-corrected chi connectivity index (χ3v) is 11.8. The molecule has 4 aromatic rings. The molecule has 6 heteroatoms. The second-order valence-corrected chi connectivity index (χ2v) is 18.1. The van der Waals surface area contributed by atoms with Gasteiger partial charge in [0.2, 0.25) is 11.8 Å². The highest BCUT2D eigenvalue weighted by Crippen LogP contribution is 2.41. The molecule has 5 rings (SSSR count). The topological polar surface area (TPSA) is 104 Å². The van der Waals surface area contributed by atoms with Crippen molar-refractivity contribution in [2.75, 3.05) is 13.1 Å². The molecule has 0 aliphatic heterocycles. The second-order valence-electron chi connectivity index (χ2n) is 18.1. The van der Waals surface area contributed by atoms with Gasteiger partial charge in [0, 0.05) is 13.1 Å². The monoisotopic (exact) mass is 735 g/mol.